The molecule has 0 saturated heterocycles. The molecule has 0 saturated carbocycles. The van der Waals surface area contributed by atoms with Crippen LogP contribution in [0.1, 0.15) is 22.8 Å². The molecule has 0 aliphatic heterocycles. The molecular formula is C13H13NO3. The fourth-order valence-electron chi connectivity index (χ4n) is 1.41. The van der Waals surface area contributed by atoms with E-state index in [1.807, 2.05) is 6.07 Å². The van der Waals surface area contributed by atoms with E-state index in [9.17, 15) is 4.79 Å². The Balaban J connectivity index is 3.25. The SMILES string of the molecule is CCOC(=O)c1c(C=CC#N)cccc1OC. The number of carbonyl (C=O) groups excluding carboxylic acids is 1. The van der Waals surface area contributed by atoms with E-state index in [-0.39, 0.29) is 6.61 Å². The van der Waals surface area contributed by atoms with Gasteiger partial charge in [-0.2, -0.15) is 5.26 Å². The average Bonchev–Trinajstić information content (AvgIpc) is 2.35. The lowest BCUT2D eigenvalue weighted by molar-refractivity contribution is 0.0522. The van der Waals surface area contributed by atoms with Crippen LogP contribution in [0, 0.1) is 11.3 Å². The van der Waals surface area contributed by atoms with Gasteiger partial charge >= 0.3 is 5.97 Å². The predicted octanol–water partition coefficient (Wildman–Crippen LogP) is 2.41. The van der Waals surface area contributed by atoms with Gasteiger partial charge in [0.15, 0.2) is 0 Å². The van der Waals surface area contributed by atoms with E-state index < -0.39 is 5.97 Å². The molecule has 0 N–H and O–H groups in total. The predicted molar refractivity (Wildman–Crippen MR) is 63.6 cm³/mol. The van der Waals surface area contributed by atoms with Crippen LogP contribution in [0.25, 0.3) is 6.08 Å². The van der Waals surface area contributed by atoms with Crippen molar-refractivity contribution in [2.24, 2.45) is 0 Å². The second-order valence-corrected chi connectivity index (χ2v) is 3.11. The Morgan fingerprint density at radius 1 is 1.53 bits per heavy atom. The summed E-state index contributed by atoms with van der Waals surface area (Å²) in [5.74, 6) is -0.0221. The molecule has 0 unspecified atom stereocenters. The number of carbonyl (C=O) groups is 1. The Morgan fingerprint density at radius 3 is 2.88 bits per heavy atom. The molecule has 17 heavy (non-hydrogen) atoms. The first-order valence-corrected chi connectivity index (χ1v) is 5.14. The highest BCUT2D eigenvalue weighted by Gasteiger charge is 2.16. The maximum absolute atomic E-state index is 11.8. The summed E-state index contributed by atoms with van der Waals surface area (Å²) < 4.78 is 10.1. The number of rotatable bonds is 4. The number of methoxy groups -OCH3 is 1. The van der Waals surface area contributed by atoms with Crippen molar-refractivity contribution in [1.82, 2.24) is 0 Å². The molecule has 1 rings (SSSR count). The highest BCUT2D eigenvalue weighted by Crippen LogP contribution is 2.24. The normalized spacial score (nSPS) is 9.94. The minimum atomic E-state index is -0.456. The molecular weight excluding hydrogens is 218 g/mol. The molecule has 0 bridgehead atoms. The minimum absolute atomic E-state index is 0.290. The number of hydrogen-bond acceptors (Lipinski definition) is 4. The van der Waals surface area contributed by atoms with E-state index >= 15 is 0 Å². The van der Waals surface area contributed by atoms with Gasteiger partial charge in [0.1, 0.15) is 11.3 Å². The monoisotopic (exact) mass is 231 g/mol. The Morgan fingerprint density at radius 2 is 2.29 bits per heavy atom. The van der Waals surface area contributed by atoms with E-state index in [1.165, 1.54) is 13.2 Å². The van der Waals surface area contributed by atoms with Crippen LogP contribution in [0.5, 0.6) is 5.75 Å². The Kier molecular flexibility index (Phi) is 4.77. The van der Waals surface area contributed by atoms with Gasteiger partial charge in [0.2, 0.25) is 0 Å². The zero-order valence-corrected chi connectivity index (χ0v) is 9.77. The molecule has 88 valence electrons. The zero-order valence-electron chi connectivity index (χ0n) is 9.77. The summed E-state index contributed by atoms with van der Waals surface area (Å²) in [7, 11) is 1.48. The topological polar surface area (TPSA) is 59.3 Å². The first-order chi connectivity index (χ1) is 8.24. The largest absolute Gasteiger partial charge is 0.496 e. The van der Waals surface area contributed by atoms with Crippen LogP contribution >= 0.6 is 0 Å². The summed E-state index contributed by atoms with van der Waals surface area (Å²) in [6, 6.07) is 7.03. The van der Waals surface area contributed by atoms with Gasteiger partial charge < -0.3 is 9.47 Å². The van der Waals surface area contributed by atoms with E-state index in [2.05, 4.69) is 0 Å². The number of nitrogens with zero attached hydrogens (tertiary/aromatic N) is 1. The highest BCUT2D eigenvalue weighted by atomic mass is 16.5. The third kappa shape index (κ3) is 3.08. The average molecular weight is 231 g/mol. The van der Waals surface area contributed by atoms with Crippen molar-refractivity contribution in [1.29, 1.82) is 5.26 Å². The highest BCUT2D eigenvalue weighted by molar-refractivity contribution is 5.96. The molecule has 0 aliphatic carbocycles. The van der Waals surface area contributed by atoms with Crippen molar-refractivity contribution in [3.05, 3.63) is 35.4 Å². The molecule has 4 nitrogen and oxygen atoms in total. The van der Waals surface area contributed by atoms with E-state index in [0.717, 1.165) is 0 Å². The van der Waals surface area contributed by atoms with Gasteiger partial charge in [-0.05, 0) is 24.6 Å². The zero-order chi connectivity index (χ0) is 12.7. The minimum Gasteiger partial charge on any atom is -0.496 e. The van der Waals surface area contributed by atoms with Crippen LogP contribution in [-0.2, 0) is 4.74 Å². The smallest absolute Gasteiger partial charge is 0.342 e. The fraction of sp³-hybridized carbons (Fsp3) is 0.231. The molecule has 0 aromatic heterocycles. The number of esters is 1. The Hall–Kier alpha value is -2.28. The van der Waals surface area contributed by atoms with Crippen molar-refractivity contribution in [2.45, 2.75) is 6.92 Å². The fourth-order valence-corrected chi connectivity index (χ4v) is 1.41. The summed E-state index contributed by atoms with van der Waals surface area (Å²) in [5, 5.41) is 8.50. The second-order valence-electron chi connectivity index (χ2n) is 3.11. The third-order valence-corrected chi connectivity index (χ3v) is 2.10. The van der Waals surface area contributed by atoms with Crippen LogP contribution in [0.4, 0.5) is 0 Å². The molecule has 0 heterocycles. The van der Waals surface area contributed by atoms with Gasteiger partial charge in [-0.3, -0.25) is 0 Å². The summed E-state index contributed by atoms with van der Waals surface area (Å²) in [6.07, 6.45) is 2.85. The van der Waals surface area contributed by atoms with Gasteiger partial charge in [-0.15, -0.1) is 0 Å². The number of hydrogen-bond donors (Lipinski definition) is 0. The third-order valence-electron chi connectivity index (χ3n) is 2.10. The molecule has 0 spiro atoms. The van der Waals surface area contributed by atoms with E-state index in [1.54, 1.807) is 31.2 Å². The van der Waals surface area contributed by atoms with Crippen molar-refractivity contribution in [3.8, 4) is 11.8 Å². The number of benzene rings is 1. The van der Waals surface area contributed by atoms with Gasteiger partial charge in [-0.25, -0.2) is 4.79 Å². The summed E-state index contributed by atoms with van der Waals surface area (Å²) in [6.45, 7) is 2.02. The Bertz CT molecular complexity index is 472. The number of nitriles is 1. The number of ether oxygens (including phenoxy) is 2. The molecule has 0 radical (unpaired) electrons. The quantitative estimate of drug-likeness (QED) is 0.589. The number of allylic oxidation sites excluding steroid dienone is 1. The maximum atomic E-state index is 11.8. The molecule has 4 heteroatoms. The van der Waals surface area contributed by atoms with E-state index in [0.29, 0.717) is 16.9 Å². The lowest BCUT2D eigenvalue weighted by Crippen LogP contribution is -2.08. The first-order valence-electron chi connectivity index (χ1n) is 5.14. The van der Waals surface area contributed by atoms with Crippen LogP contribution in [0.3, 0.4) is 0 Å². The molecule has 0 atom stereocenters. The van der Waals surface area contributed by atoms with Crippen molar-refractivity contribution in [3.63, 3.8) is 0 Å². The lowest BCUT2D eigenvalue weighted by atomic mass is 10.1. The van der Waals surface area contributed by atoms with Crippen LogP contribution in [0.15, 0.2) is 24.3 Å². The van der Waals surface area contributed by atoms with E-state index in [4.69, 9.17) is 14.7 Å². The summed E-state index contributed by atoms with van der Waals surface area (Å²) in [4.78, 5) is 11.8. The summed E-state index contributed by atoms with van der Waals surface area (Å²) in [5.41, 5.74) is 0.938. The van der Waals surface area contributed by atoms with Crippen LogP contribution in [0.2, 0.25) is 0 Å². The van der Waals surface area contributed by atoms with Crippen LogP contribution < -0.4 is 4.74 Å². The van der Waals surface area contributed by atoms with Gasteiger partial charge in [0.25, 0.3) is 0 Å². The molecule has 1 aromatic carbocycles. The van der Waals surface area contributed by atoms with Crippen molar-refractivity contribution >= 4 is 12.0 Å². The Labute approximate surface area is 100 Å². The summed E-state index contributed by atoms with van der Waals surface area (Å²) >= 11 is 0. The lowest BCUT2D eigenvalue weighted by Gasteiger charge is -2.10. The molecule has 1 aromatic rings. The van der Waals surface area contributed by atoms with Gasteiger partial charge in [0.05, 0.1) is 19.8 Å². The second kappa shape index (κ2) is 6.33. The standard InChI is InChI=1S/C13H13NO3/c1-3-17-13(15)12-10(7-5-9-14)6-4-8-11(12)16-2/h4-8H,3H2,1-2H3. The van der Waals surface area contributed by atoms with Gasteiger partial charge in [-0.1, -0.05) is 12.1 Å². The molecule has 0 amide bonds. The first kappa shape index (κ1) is 12.8. The van der Waals surface area contributed by atoms with Gasteiger partial charge in [0, 0.05) is 6.08 Å². The maximum Gasteiger partial charge on any atom is 0.342 e. The molecule has 0 aliphatic rings. The van der Waals surface area contributed by atoms with Crippen LogP contribution in [-0.4, -0.2) is 19.7 Å². The van der Waals surface area contributed by atoms with Crippen molar-refractivity contribution < 1.29 is 14.3 Å². The van der Waals surface area contributed by atoms with Crippen molar-refractivity contribution in [2.75, 3.05) is 13.7 Å². The molecule has 0 fully saturated rings.